The van der Waals surface area contributed by atoms with Gasteiger partial charge in [-0.25, -0.2) is 13.1 Å². The van der Waals surface area contributed by atoms with Crippen molar-refractivity contribution in [3.8, 4) is 0 Å². The van der Waals surface area contributed by atoms with Gasteiger partial charge in [-0.05, 0) is 37.8 Å². The molecule has 112 valence electrons. The zero-order chi connectivity index (χ0) is 14.8. The van der Waals surface area contributed by atoms with Gasteiger partial charge in [0.1, 0.15) is 4.90 Å². The monoisotopic (exact) mass is 308 g/mol. The molecule has 1 aromatic rings. The molecule has 1 saturated carbocycles. The van der Waals surface area contributed by atoms with Crippen LogP contribution in [0.3, 0.4) is 0 Å². The molecule has 1 N–H and O–H groups in total. The van der Waals surface area contributed by atoms with Gasteiger partial charge in [0.2, 0.25) is 10.0 Å². The molecule has 0 spiro atoms. The van der Waals surface area contributed by atoms with Crippen molar-refractivity contribution >= 4 is 10.0 Å². The molecule has 0 unspecified atom stereocenters. The summed E-state index contributed by atoms with van der Waals surface area (Å²) in [6.07, 6.45) is -1.20. The predicted molar refractivity (Wildman–Crippen MR) is 66.4 cm³/mol. The number of sulfonamides is 1. The van der Waals surface area contributed by atoms with Crippen molar-refractivity contribution in [3.63, 3.8) is 0 Å². The molecule has 0 bridgehead atoms. The SMILES string of the molecule is O=S(=O)(NC1CCC(C(F)(F)F)CC1)c1cccnc1. The Morgan fingerprint density at radius 1 is 1.20 bits per heavy atom. The van der Waals surface area contributed by atoms with Crippen molar-refractivity contribution in [1.82, 2.24) is 9.71 Å². The minimum atomic E-state index is -4.19. The van der Waals surface area contributed by atoms with Gasteiger partial charge < -0.3 is 0 Å². The summed E-state index contributed by atoms with van der Waals surface area (Å²) in [4.78, 5) is 3.75. The number of nitrogens with one attached hydrogen (secondary N) is 1. The second kappa shape index (κ2) is 5.69. The fourth-order valence-corrected chi connectivity index (χ4v) is 3.60. The summed E-state index contributed by atoms with van der Waals surface area (Å²) in [6.45, 7) is 0. The smallest absolute Gasteiger partial charge is 0.263 e. The van der Waals surface area contributed by atoms with Gasteiger partial charge in [0.15, 0.2) is 0 Å². The first-order valence-electron chi connectivity index (χ1n) is 6.28. The van der Waals surface area contributed by atoms with E-state index in [4.69, 9.17) is 0 Å². The lowest BCUT2D eigenvalue weighted by Crippen LogP contribution is -2.40. The summed E-state index contributed by atoms with van der Waals surface area (Å²) in [5.41, 5.74) is 0. The lowest BCUT2D eigenvalue weighted by atomic mass is 9.86. The normalized spacial score (nSPS) is 24.6. The highest BCUT2D eigenvalue weighted by Gasteiger charge is 2.41. The number of rotatable bonds is 3. The Labute approximate surface area is 115 Å². The van der Waals surface area contributed by atoms with Crippen molar-refractivity contribution in [2.24, 2.45) is 5.92 Å². The Morgan fingerprint density at radius 3 is 2.35 bits per heavy atom. The third-order valence-electron chi connectivity index (χ3n) is 3.46. The molecule has 0 saturated heterocycles. The average molecular weight is 308 g/mol. The van der Waals surface area contributed by atoms with Gasteiger partial charge in [-0.2, -0.15) is 13.2 Å². The van der Waals surface area contributed by atoms with E-state index in [0.717, 1.165) is 0 Å². The molecular formula is C12H15F3N2O2S. The Kier molecular flexibility index (Phi) is 4.33. The Hall–Kier alpha value is -1.15. The summed E-state index contributed by atoms with van der Waals surface area (Å²) in [6, 6.07) is 2.45. The van der Waals surface area contributed by atoms with Gasteiger partial charge >= 0.3 is 6.18 Å². The van der Waals surface area contributed by atoms with Crippen molar-refractivity contribution in [3.05, 3.63) is 24.5 Å². The van der Waals surface area contributed by atoms with Crippen LogP contribution >= 0.6 is 0 Å². The van der Waals surface area contributed by atoms with E-state index in [1.54, 1.807) is 0 Å². The number of halogens is 3. The molecule has 0 amide bonds. The van der Waals surface area contributed by atoms with E-state index in [1.165, 1.54) is 24.5 Å². The maximum absolute atomic E-state index is 12.5. The minimum absolute atomic E-state index is 0.0259. The largest absolute Gasteiger partial charge is 0.391 e. The zero-order valence-electron chi connectivity index (χ0n) is 10.6. The highest BCUT2D eigenvalue weighted by Crippen LogP contribution is 2.37. The summed E-state index contributed by atoms with van der Waals surface area (Å²) in [5.74, 6) is -1.32. The number of aromatic nitrogens is 1. The van der Waals surface area contributed by atoms with Crippen LogP contribution in [0, 0.1) is 5.92 Å². The number of hydrogen-bond donors (Lipinski definition) is 1. The van der Waals surface area contributed by atoms with Crippen LogP contribution in [0.1, 0.15) is 25.7 Å². The maximum atomic E-state index is 12.5. The van der Waals surface area contributed by atoms with Crippen molar-refractivity contribution in [2.75, 3.05) is 0 Å². The maximum Gasteiger partial charge on any atom is 0.391 e. The van der Waals surface area contributed by atoms with Crippen LogP contribution in [0.25, 0.3) is 0 Å². The van der Waals surface area contributed by atoms with Gasteiger partial charge in [0.25, 0.3) is 0 Å². The van der Waals surface area contributed by atoms with Gasteiger partial charge in [0, 0.05) is 18.4 Å². The van der Waals surface area contributed by atoms with Crippen LogP contribution in [0.15, 0.2) is 29.4 Å². The first-order valence-corrected chi connectivity index (χ1v) is 7.76. The second-order valence-corrected chi connectivity index (χ2v) is 6.61. The molecule has 1 aromatic heterocycles. The summed E-state index contributed by atoms with van der Waals surface area (Å²) in [5, 5.41) is 0. The number of hydrogen-bond acceptors (Lipinski definition) is 3. The third-order valence-corrected chi connectivity index (χ3v) is 4.96. The lowest BCUT2D eigenvalue weighted by molar-refractivity contribution is -0.182. The molecule has 0 aliphatic heterocycles. The molecule has 0 radical (unpaired) electrons. The van der Waals surface area contributed by atoms with E-state index in [2.05, 4.69) is 9.71 Å². The Morgan fingerprint density at radius 2 is 1.85 bits per heavy atom. The quantitative estimate of drug-likeness (QED) is 0.933. The molecule has 1 aliphatic carbocycles. The number of pyridine rings is 1. The molecule has 0 aromatic carbocycles. The Balaban J connectivity index is 1.96. The highest BCUT2D eigenvalue weighted by atomic mass is 32.2. The fraction of sp³-hybridized carbons (Fsp3) is 0.583. The number of nitrogens with zero attached hydrogens (tertiary/aromatic N) is 1. The van der Waals surface area contributed by atoms with Gasteiger partial charge in [-0.1, -0.05) is 0 Å². The molecular weight excluding hydrogens is 293 g/mol. The van der Waals surface area contributed by atoms with Gasteiger partial charge in [0.05, 0.1) is 5.92 Å². The first-order chi connectivity index (χ1) is 9.29. The van der Waals surface area contributed by atoms with E-state index in [0.29, 0.717) is 0 Å². The first kappa shape index (κ1) is 15.2. The van der Waals surface area contributed by atoms with Crippen LogP contribution in [-0.4, -0.2) is 25.6 Å². The lowest BCUT2D eigenvalue weighted by Gasteiger charge is -2.30. The van der Waals surface area contributed by atoms with Gasteiger partial charge in [-0.3, -0.25) is 4.98 Å². The summed E-state index contributed by atoms with van der Waals surface area (Å²) < 4.78 is 64.0. The standard InChI is InChI=1S/C12H15F3N2O2S/c13-12(14,15)9-3-5-10(6-4-9)17-20(18,19)11-2-1-7-16-8-11/h1-2,7-10,17H,3-6H2. The van der Waals surface area contributed by atoms with Crippen molar-refractivity contribution in [2.45, 2.75) is 42.8 Å². The molecule has 8 heteroatoms. The Bertz CT molecular complexity index is 538. The van der Waals surface area contributed by atoms with E-state index in [9.17, 15) is 21.6 Å². The number of alkyl halides is 3. The van der Waals surface area contributed by atoms with Crippen LogP contribution in [0.2, 0.25) is 0 Å². The predicted octanol–water partition coefficient (Wildman–Crippen LogP) is 2.48. The molecule has 0 atom stereocenters. The molecule has 1 fully saturated rings. The molecule has 2 rings (SSSR count). The molecule has 4 nitrogen and oxygen atoms in total. The minimum Gasteiger partial charge on any atom is -0.263 e. The summed E-state index contributed by atoms with van der Waals surface area (Å²) in [7, 11) is -3.71. The summed E-state index contributed by atoms with van der Waals surface area (Å²) >= 11 is 0. The van der Waals surface area contributed by atoms with Crippen molar-refractivity contribution in [1.29, 1.82) is 0 Å². The van der Waals surface area contributed by atoms with Crippen LogP contribution in [0.5, 0.6) is 0 Å². The topological polar surface area (TPSA) is 59.1 Å². The van der Waals surface area contributed by atoms with E-state index in [-0.39, 0.29) is 30.6 Å². The zero-order valence-corrected chi connectivity index (χ0v) is 11.4. The van der Waals surface area contributed by atoms with Crippen molar-refractivity contribution < 1.29 is 21.6 Å². The highest BCUT2D eigenvalue weighted by molar-refractivity contribution is 7.89. The second-order valence-electron chi connectivity index (χ2n) is 4.90. The van der Waals surface area contributed by atoms with Crippen LogP contribution < -0.4 is 4.72 Å². The third kappa shape index (κ3) is 3.69. The molecule has 1 heterocycles. The average Bonchev–Trinajstić information content (AvgIpc) is 2.39. The van der Waals surface area contributed by atoms with Crippen LogP contribution in [-0.2, 0) is 10.0 Å². The van der Waals surface area contributed by atoms with Crippen LogP contribution in [0.4, 0.5) is 13.2 Å². The molecule has 1 aliphatic rings. The van der Waals surface area contributed by atoms with E-state index < -0.39 is 28.2 Å². The van der Waals surface area contributed by atoms with Gasteiger partial charge in [-0.15, -0.1) is 0 Å². The molecule has 20 heavy (non-hydrogen) atoms. The fourth-order valence-electron chi connectivity index (χ4n) is 2.33. The van der Waals surface area contributed by atoms with E-state index in [1.807, 2.05) is 0 Å². The van der Waals surface area contributed by atoms with E-state index >= 15 is 0 Å².